The second kappa shape index (κ2) is 9.42. The predicted octanol–water partition coefficient (Wildman–Crippen LogP) is 6.03. The van der Waals surface area contributed by atoms with E-state index in [4.69, 9.17) is 0 Å². The zero-order chi connectivity index (χ0) is 23.3. The number of carbonyl (C=O) groups is 1. The Morgan fingerprint density at radius 2 is 1.82 bits per heavy atom. The van der Waals surface area contributed by atoms with E-state index >= 15 is 0 Å². The van der Waals surface area contributed by atoms with E-state index in [1.807, 2.05) is 73.2 Å². The summed E-state index contributed by atoms with van der Waals surface area (Å²) in [5.74, 6) is 0.568. The number of amides is 1. The molecule has 5 rings (SSSR count). The highest BCUT2D eigenvalue weighted by Gasteiger charge is 2.11. The maximum atomic E-state index is 11.7. The number of anilines is 2. The number of hydrogen-bond acceptors (Lipinski definition) is 4. The highest BCUT2D eigenvalue weighted by Crippen LogP contribution is 2.32. The van der Waals surface area contributed by atoms with E-state index in [1.165, 1.54) is 11.6 Å². The Kier molecular flexibility index (Phi) is 5.86. The van der Waals surface area contributed by atoms with Crippen LogP contribution in [-0.2, 0) is 11.3 Å². The Bertz CT molecular complexity index is 1470. The third kappa shape index (κ3) is 4.56. The second-order valence-electron chi connectivity index (χ2n) is 7.87. The van der Waals surface area contributed by atoms with Crippen molar-refractivity contribution in [2.75, 3.05) is 10.6 Å². The van der Waals surface area contributed by atoms with Gasteiger partial charge in [-0.25, -0.2) is 9.97 Å². The molecule has 166 valence electrons. The Morgan fingerprint density at radius 1 is 0.941 bits per heavy atom. The van der Waals surface area contributed by atoms with Crippen LogP contribution in [0.4, 0.5) is 11.5 Å². The molecule has 5 aromatic rings. The lowest BCUT2D eigenvalue weighted by Crippen LogP contribution is -2.06. The normalized spacial score (nSPS) is 10.7. The summed E-state index contributed by atoms with van der Waals surface area (Å²) in [5.41, 5.74) is 6.73. The maximum Gasteiger partial charge on any atom is 0.247 e. The molecule has 0 fully saturated rings. The van der Waals surface area contributed by atoms with Gasteiger partial charge in [0.05, 0.1) is 0 Å². The van der Waals surface area contributed by atoms with Gasteiger partial charge in [-0.1, -0.05) is 49.0 Å². The summed E-state index contributed by atoms with van der Waals surface area (Å²) in [4.78, 5) is 24.0. The molecule has 0 radical (unpaired) electrons. The Hall–Kier alpha value is -4.71. The molecule has 0 aliphatic heterocycles. The van der Waals surface area contributed by atoms with Crippen LogP contribution >= 0.6 is 0 Å². The van der Waals surface area contributed by atoms with Crippen LogP contribution in [0.25, 0.3) is 33.3 Å². The van der Waals surface area contributed by atoms with E-state index in [-0.39, 0.29) is 5.91 Å². The number of carbonyl (C=O) groups excluding carboxylic acids is 1. The van der Waals surface area contributed by atoms with E-state index in [9.17, 15) is 4.79 Å². The summed E-state index contributed by atoms with van der Waals surface area (Å²) < 4.78 is 0. The molecule has 2 aromatic carbocycles. The fourth-order valence-electron chi connectivity index (χ4n) is 3.85. The summed E-state index contributed by atoms with van der Waals surface area (Å²) in [6.45, 7) is 4.21. The van der Waals surface area contributed by atoms with Gasteiger partial charge in [0.1, 0.15) is 11.5 Å². The van der Waals surface area contributed by atoms with E-state index in [1.54, 1.807) is 0 Å². The number of rotatable bonds is 7. The van der Waals surface area contributed by atoms with Crippen molar-refractivity contribution in [3.8, 4) is 22.3 Å². The lowest BCUT2D eigenvalue weighted by Gasteiger charge is -2.08. The van der Waals surface area contributed by atoms with Crippen LogP contribution in [0.2, 0.25) is 0 Å². The first-order valence-electron chi connectivity index (χ1n) is 10.9. The van der Waals surface area contributed by atoms with Crippen molar-refractivity contribution in [1.82, 2.24) is 15.0 Å². The topological polar surface area (TPSA) is 82.7 Å². The lowest BCUT2D eigenvalue weighted by atomic mass is 10.0. The van der Waals surface area contributed by atoms with E-state index in [0.29, 0.717) is 12.2 Å². The van der Waals surface area contributed by atoms with Crippen molar-refractivity contribution in [3.63, 3.8) is 0 Å². The number of nitrogens with one attached hydrogen (secondary N) is 3. The van der Waals surface area contributed by atoms with Crippen molar-refractivity contribution >= 4 is 28.4 Å². The molecule has 3 aromatic heterocycles. The predicted molar refractivity (Wildman–Crippen MR) is 137 cm³/mol. The zero-order valence-corrected chi connectivity index (χ0v) is 18.5. The van der Waals surface area contributed by atoms with Crippen molar-refractivity contribution in [1.29, 1.82) is 0 Å². The first kappa shape index (κ1) is 21.2. The minimum Gasteiger partial charge on any atom is -0.366 e. The van der Waals surface area contributed by atoms with Crippen molar-refractivity contribution in [2.24, 2.45) is 0 Å². The van der Waals surface area contributed by atoms with Gasteiger partial charge < -0.3 is 15.6 Å². The smallest absolute Gasteiger partial charge is 0.247 e. The number of pyridine rings is 2. The number of benzene rings is 2. The fraction of sp³-hybridized carbons (Fsp3) is 0.0357. The zero-order valence-electron chi connectivity index (χ0n) is 18.5. The summed E-state index contributed by atoms with van der Waals surface area (Å²) >= 11 is 0. The molecule has 0 saturated heterocycles. The van der Waals surface area contributed by atoms with Gasteiger partial charge in [-0.15, -0.1) is 0 Å². The molecule has 6 nitrogen and oxygen atoms in total. The van der Waals surface area contributed by atoms with E-state index < -0.39 is 0 Å². The van der Waals surface area contributed by atoms with Crippen LogP contribution in [0.1, 0.15) is 5.56 Å². The van der Waals surface area contributed by atoms with Gasteiger partial charge in [0.15, 0.2) is 0 Å². The monoisotopic (exact) mass is 445 g/mol. The van der Waals surface area contributed by atoms with Gasteiger partial charge in [0.25, 0.3) is 0 Å². The minimum atomic E-state index is -0.243. The summed E-state index contributed by atoms with van der Waals surface area (Å²) in [5, 5.41) is 7.21. The van der Waals surface area contributed by atoms with Gasteiger partial charge in [0.2, 0.25) is 5.91 Å². The van der Waals surface area contributed by atoms with E-state index in [2.05, 4.69) is 50.4 Å². The van der Waals surface area contributed by atoms with E-state index in [0.717, 1.165) is 39.1 Å². The van der Waals surface area contributed by atoms with Crippen molar-refractivity contribution < 1.29 is 4.79 Å². The molecule has 34 heavy (non-hydrogen) atoms. The molecule has 1 amide bonds. The van der Waals surface area contributed by atoms with Gasteiger partial charge in [-0.3, -0.25) is 4.79 Å². The quantitative estimate of drug-likeness (QED) is 0.267. The molecular weight excluding hydrogens is 422 g/mol. The second-order valence-corrected chi connectivity index (χ2v) is 7.87. The Balaban J connectivity index is 1.44. The molecular formula is C28H23N5O. The number of fused-ring (bicyclic) bond motifs is 1. The summed E-state index contributed by atoms with van der Waals surface area (Å²) in [6.07, 6.45) is 6.86. The molecule has 0 saturated carbocycles. The molecule has 0 atom stereocenters. The van der Waals surface area contributed by atoms with Crippen molar-refractivity contribution in [2.45, 2.75) is 6.54 Å². The number of H-pyrrole nitrogens is 1. The molecule has 0 aliphatic rings. The molecule has 0 aliphatic carbocycles. The summed E-state index contributed by atoms with van der Waals surface area (Å²) in [6, 6.07) is 24.1. The lowest BCUT2D eigenvalue weighted by molar-refractivity contribution is -0.111. The summed E-state index contributed by atoms with van der Waals surface area (Å²) in [7, 11) is 0. The Morgan fingerprint density at radius 3 is 2.68 bits per heavy atom. The van der Waals surface area contributed by atoms with Crippen LogP contribution in [0.3, 0.4) is 0 Å². The van der Waals surface area contributed by atoms with Crippen LogP contribution in [0.15, 0.2) is 104 Å². The van der Waals surface area contributed by atoms with Crippen molar-refractivity contribution in [3.05, 3.63) is 110 Å². The molecule has 0 bridgehead atoms. The first-order valence-corrected chi connectivity index (χ1v) is 10.9. The fourth-order valence-corrected chi connectivity index (χ4v) is 3.85. The molecule has 0 unspecified atom stereocenters. The Labute approximate surface area is 197 Å². The average molecular weight is 446 g/mol. The molecule has 3 heterocycles. The minimum absolute atomic E-state index is 0.243. The largest absolute Gasteiger partial charge is 0.366 e. The number of aromatic amines is 1. The highest BCUT2D eigenvalue weighted by atomic mass is 16.1. The van der Waals surface area contributed by atoms with Crippen LogP contribution < -0.4 is 10.6 Å². The third-order valence-electron chi connectivity index (χ3n) is 5.57. The van der Waals surface area contributed by atoms with Gasteiger partial charge in [-0.2, -0.15) is 0 Å². The average Bonchev–Trinajstić information content (AvgIpc) is 3.32. The highest BCUT2D eigenvalue weighted by molar-refractivity contribution is 5.99. The van der Waals surface area contributed by atoms with Crippen LogP contribution in [0.5, 0.6) is 0 Å². The first-order chi connectivity index (χ1) is 16.7. The maximum absolute atomic E-state index is 11.7. The molecule has 3 N–H and O–H groups in total. The van der Waals surface area contributed by atoms with Gasteiger partial charge >= 0.3 is 0 Å². The molecule has 6 heteroatoms. The number of aromatic nitrogens is 3. The van der Waals surface area contributed by atoms with Crippen LogP contribution in [-0.4, -0.2) is 20.9 Å². The molecule has 0 spiro atoms. The number of nitrogens with zero attached hydrogens (tertiary/aromatic N) is 2. The van der Waals surface area contributed by atoms with Gasteiger partial charge in [-0.05, 0) is 53.1 Å². The number of hydrogen-bond donors (Lipinski definition) is 3. The SMILES string of the molecule is C=CC(=O)Nc1cccc(-c2cnc3[nH]cc(-c4ccnc(NCc5ccccc5)c4)c3c2)c1. The standard InChI is InChI=1S/C28H23N5O/c1-2-27(34)33-23-10-6-9-20(13-23)22-14-24-25(18-32-28(24)31-17-22)21-11-12-29-26(15-21)30-16-19-7-4-3-5-8-19/h2-15,17-18H,1,16H2,(H,29,30)(H,31,32)(H,33,34). The third-order valence-corrected chi connectivity index (χ3v) is 5.57. The van der Waals surface area contributed by atoms with Gasteiger partial charge in [0, 0.05) is 47.3 Å². The van der Waals surface area contributed by atoms with Crippen LogP contribution in [0, 0.1) is 0 Å².